The summed E-state index contributed by atoms with van der Waals surface area (Å²) < 4.78 is 5.97. The second-order valence-electron chi connectivity index (χ2n) is 7.68. The molecular formula is C15H28O. The van der Waals surface area contributed by atoms with Crippen LogP contribution in [0.25, 0.3) is 0 Å². The predicted octanol–water partition coefficient (Wildman–Crippen LogP) is 4.57. The molecule has 1 rings (SSSR count). The Kier molecular flexibility index (Phi) is 3.33. The van der Waals surface area contributed by atoms with Crippen molar-refractivity contribution in [3.8, 4) is 0 Å². The molecule has 1 nitrogen and oxygen atoms in total. The van der Waals surface area contributed by atoms with Gasteiger partial charge in [0.2, 0.25) is 0 Å². The van der Waals surface area contributed by atoms with E-state index in [0.29, 0.717) is 0 Å². The van der Waals surface area contributed by atoms with Crippen LogP contribution in [0.4, 0.5) is 0 Å². The van der Waals surface area contributed by atoms with Gasteiger partial charge in [0.15, 0.2) is 0 Å². The molecule has 0 aromatic heterocycles. The van der Waals surface area contributed by atoms with Crippen molar-refractivity contribution in [2.24, 2.45) is 10.8 Å². The van der Waals surface area contributed by atoms with Gasteiger partial charge in [-0.25, -0.2) is 0 Å². The molecule has 0 aromatic rings. The van der Waals surface area contributed by atoms with Crippen LogP contribution in [0, 0.1) is 10.8 Å². The fourth-order valence-corrected chi connectivity index (χ4v) is 2.33. The van der Waals surface area contributed by atoms with Crippen molar-refractivity contribution in [3.63, 3.8) is 0 Å². The van der Waals surface area contributed by atoms with Crippen LogP contribution in [0.5, 0.6) is 0 Å². The second-order valence-corrected chi connectivity index (χ2v) is 7.68. The Hall–Kier alpha value is -0.300. The number of rotatable bonds is 0. The third kappa shape index (κ3) is 3.10. The van der Waals surface area contributed by atoms with Crippen LogP contribution >= 0.6 is 0 Å². The standard InChI is InChI=1S/C15H28O/c1-13(2,3)11-9-15(7,8)16-10-12(11)14(4,5)6/h9-10H2,1-8H3. The van der Waals surface area contributed by atoms with Gasteiger partial charge in [-0.2, -0.15) is 0 Å². The average Bonchev–Trinajstić information content (AvgIpc) is 1.97. The molecule has 94 valence electrons. The first-order valence-corrected chi connectivity index (χ1v) is 6.30. The molecule has 0 atom stereocenters. The van der Waals surface area contributed by atoms with E-state index in [1.54, 1.807) is 5.57 Å². The van der Waals surface area contributed by atoms with E-state index in [1.165, 1.54) is 5.57 Å². The summed E-state index contributed by atoms with van der Waals surface area (Å²) >= 11 is 0. The van der Waals surface area contributed by atoms with Gasteiger partial charge in [0, 0.05) is 0 Å². The molecule has 1 heterocycles. The van der Waals surface area contributed by atoms with Crippen molar-refractivity contribution in [2.75, 3.05) is 6.61 Å². The molecule has 0 aromatic carbocycles. The summed E-state index contributed by atoms with van der Waals surface area (Å²) in [6, 6.07) is 0. The highest BCUT2D eigenvalue weighted by Gasteiger charge is 2.36. The van der Waals surface area contributed by atoms with E-state index in [1.807, 2.05) is 0 Å². The molecule has 0 unspecified atom stereocenters. The van der Waals surface area contributed by atoms with Gasteiger partial charge in [-0.15, -0.1) is 0 Å². The lowest BCUT2D eigenvalue weighted by atomic mass is 9.70. The zero-order valence-electron chi connectivity index (χ0n) is 12.3. The van der Waals surface area contributed by atoms with Gasteiger partial charge in [0.1, 0.15) is 0 Å². The van der Waals surface area contributed by atoms with E-state index in [4.69, 9.17) is 4.74 Å². The summed E-state index contributed by atoms with van der Waals surface area (Å²) in [6.45, 7) is 19.0. The van der Waals surface area contributed by atoms with Crippen LogP contribution in [-0.4, -0.2) is 12.2 Å². The maximum Gasteiger partial charge on any atom is 0.0692 e. The molecule has 0 N–H and O–H groups in total. The minimum absolute atomic E-state index is 0.00262. The van der Waals surface area contributed by atoms with Crippen molar-refractivity contribution in [1.82, 2.24) is 0 Å². The smallest absolute Gasteiger partial charge is 0.0692 e. The largest absolute Gasteiger partial charge is 0.371 e. The van der Waals surface area contributed by atoms with Crippen molar-refractivity contribution in [2.45, 2.75) is 67.4 Å². The van der Waals surface area contributed by atoms with E-state index < -0.39 is 0 Å². The van der Waals surface area contributed by atoms with E-state index >= 15 is 0 Å². The molecule has 1 heteroatoms. The van der Waals surface area contributed by atoms with Crippen molar-refractivity contribution in [3.05, 3.63) is 11.1 Å². The quantitative estimate of drug-likeness (QED) is 0.547. The number of hydrogen-bond donors (Lipinski definition) is 0. The summed E-state index contributed by atoms with van der Waals surface area (Å²) in [5.41, 5.74) is 3.57. The minimum atomic E-state index is -0.00262. The molecule has 0 radical (unpaired) electrons. The molecule has 0 amide bonds. The Balaban J connectivity index is 3.21. The van der Waals surface area contributed by atoms with Gasteiger partial charge in [-0.05, 0) is 36.7 Å². The first kappa shape index (κ1) is 13.8. The Labute approximate surface area is 101 Å². The minimum Gasteiger partial charge on any atom is -0.371 e. The summed E-state index contributed by atoms with van der Waals surface area (Å²) in [6.07, 6.45) is 1.06. The van der Waals surface area contributed by atoms with E-state index in [2.05, 4.69) is 55.4 Å². The topological polar surface area (TPSA) is 9.23 Å². The lowest BCUT2D eigenvalue weighted by molar-refractivity contribution is -0.0258. The molecular weight excluding hydrogens is 196 g/mol. The lowest BCUT2D eigenvalue weighted by Gasteiger charge is -2.42. The summed E-state index contributed by atoms with van der Waals surface area (Å²) in [4.78, 5) is 0. The van der Waals surface area contributed by atoms with Crippen LogP contribution in [-0.2, 0) is 4.74 Å². The zero-order valence-corrected chi connectivity index (χ0v) is 12.3. The Bertz CT molecular complexity index is 294. The van der Waals surface area contributed by atoms with Crippen LogP contribution in [0.2, 0.25) is 0 Å². The Morgan fingerprint density at radius 2 is 1.31 bits per heavy atom. The van der Waals surface area contributed by atoms with Gasteiger partial charge in [0.05, 0.1) is 12.2 Å². The fourth-order valence-electron chi connectivity index (χ4n) is 2.33. The van der Waals surface area contributed by atoms with Crippen molar-refractivity contribution < 1.29 is 4.74 Å². The van der Waals surface area contributed by atoms with Gasteiger partial charge >= 0.3 is 0 Å². The molecule has 0 spiro atoms. The highest BCUT2D eigenvalue weighted by atomic mass is 16.5. The molecule has 16 heavy (non-hydrogen) atoms. The molecule has 1 aliphatic rings. The highest BCUT2D eigenvalue weighted by Crippen LogP contribution is 2.44. The van der Waals surface area contributed by atoms with Gasteiger partial charge in [-0.3, -0.25) is 0 Å². The van der Waals surface area contributed by atoms with E-state index in [-0.39, 0.29) is 16.4 Å². The fraction of sp³-hybridized carbons (Fsp3) is 0.867. The average molecular weight is 224 g/mol. The Morgan fingerprint density at radius 1 is 0.875 bits per heavy atom. The zero-order chi connectivity index (χ0) is 12.8. The molecule has 0 bridgehead atoms. The monoisotopic (exact) mass is 224 g/mol. The molecule has 0 fully saturated rings. The highest BCUT2D eigenvalue weighted by molar-refractivity contribution is 5.28. The second kappa shape index (κ2) is 3.87. The van der Waals surface area contributed by atoms with E-state index in [9.17, 15) is 0 Å². The molecule has 0 aliphatic carbocycles. The maximum atomic E-state index is 5.97. The molecule has 0 saturated heterocycles. The first-order chi connectivity index (χ1) is 6.93. The van der Waals surface area contributed by atoms with Crippen LogP contribution < -0.4 is 0 Å². The van der Waals surface area contributed by atoms with Gasteiger partial charge in [0.25, 0.3) is 0 Å². The number of hydrogen-bond acceptors (Lipinski definition) is 1. The van der Waals surface area contributed by atoms with Crippen LogP contribution in [0.3, 0.4) is 0 Å². The van der Waals surface area contributed by atoms with Crippen molar-refractivity contribution >= 4 is 0 Å². The van der Waals surface area contributed by atoms with Gasteiger partial charge < -0.3 is 4.74 Å². The predicted molar refractivity (Wildman–Crippen MR) is 70.6 cm³/mol. The third-order valence-corrected chi connectivity index (χ3v) is 3.38. The maximum absolute atomic E-state index is 5.97. The van der Waals surface area contributed by atoms with Gasteiger partial charge in [-0.1, -0.05) is 47.1 Å². The summed E-state index contributed by atoms with van der Waals surface area (Å²) in [5.74, 6) is 0. The first-order valence-electron chi connectivity index (χ1n) is 6.30. The normalized spacial score (nSPS) is 22.5. The SMILES string of the molecule is CC1(C)CC(C(C)(C)C)=C(C(C)(C)C)CO1. The molecule has 1 aliphatic heterocycles. The number of ether oxygens (including phenoxy) is 1. The Morgan fingerprint density at radius 3 is 1.69 bits per heavy atom. The lowest BCUT2D eigenvalue weighted by Crippen LogP contribution is -2.37. The summed E-state index contributed by atoms with van der Waals surface area (Å²) in [5, 5.41) is 0. The van der Waals surface area contributed by atoms with Crippen molar-refractivity contribution in [1.29, 1.82) is 0 Å². The molecule has 0 saturated carbocycles. The summed E-state index contributed by atoms with van der Waals surface area (Å²) in [7, 11) is 0. The van der Waals surface area contributed by atoms with E-state index in [0.717, 1.165) is 13.0 Å². The van der Waals surface area contributed by atoms with Crippen LogP contribution in [0.15, 0.2) is 11.1 Å². The van der Waals surface area contributed by atoms with Crippen LogP contribution in [0.1, 0.15) is 61.8 Å². The third-order valence-electron chi connectivity index (χ3n) is 3.38.